The second-order valence-corrected chi connectivity index (χ2v) is 5.40. The van der Waals surface area contributed by atoms with Crippen LogP contribution in [0.15, 0.2) is 22.5 Å². The molecule has 1 aromatic rings. The van der Waals surface area contributed by atoms with Crippen molar-refractivity contribution in [3.63, 3.8) is 0 Å². The van der Waals surface area contributed by atoms with E-state index >= 15 is 0 Å². The number of hydrogen-bond acceptors (Lipinski definition) is 3. The van der Waals surface area contributed by atoms with Gasteiger partial charge in [-0.3, -0.25) is 0 Å². The first-order valence-corrected chi connectivity index (χ1v) is 6.65. The summed E-state index contributed by atoms with van der Waals surface area (Å²) in [4.78, 5) is 8.80. The quantitative estimate of drug-likeness (QED) is 0.477. The Labute approximate surface area is 106 Å². The lowest BCUT2D eigenvalue weighted by Gasteiger charge is -2.03. The first kappa shape index (κ1) is 12.1. The Morgan fingerprint density at radius 3 is 3.12 bits per heavy atom. The van der Waals surface area contributed by atoms with Crippen molar-refractivity contribution in [2.45, 2.75) is 32.2 Å². The van der Waals surface area contributed by atoms with Gasteiger partial charge >= 0.3 is 0 Å². The number of guanidine groups is 1. The molecule has 1 fully saturated rings. The van der Waals surface area contributed by atoms with Crippen LogP contribution in [0, 0.1) is 0 Å². The summed E-state index contributed by atoms with van der Waals surface area (Å²) in [5.74, 6) is 1.17. The fraction of sp³-hybridized carbons (Fsp3) is 0.500. The van der Waals surface area contributed by atoms with E-state index in [1.807, 2.05) is 6.92 Å². The molecule has 1 heterocycles. The van der Waals surface area contributed by atoms with Gasteiger partial charge in [-0.2, -0.15) is 0 Å². The highest BCUT2D eigenvalue weighted by atomic mass is 32.1. The number of hydrogen-bond donors (Lipinski definition) is 2. The van der Waals surface area contributed by atoms with E-state index in [0.717, 1.165) is 10.6 Å². The average molecular weight is 250 g/mol. The molecule has 1 saturated carbocycles. The van der Waals surface area contributed by atoms with Gasteiger partial charge in [-0.15, -0.1) is 11.3 Å². The van der Waals surface area contributed by atoms with Crippen molar-refractivity contribution in [1.29, 1.82) is 0 Å². The van der Waals surface area contributed by atoms with Gasteiger partial charge in [0.1, 0.15) is 5.01 Å². The molecule has 0 aliphatic heterocycles. The molecule has 0 amide bonds. The highest BCUT2D eigenvalue weighted by Gasteiger charge is 2.25. The highest BCUT2D eigenvalue weighted by Crippen LogP contribution is 2.40. The summed E-state index contributed by atoms with van der Waals surface area (Å²) in [5.41, 5.74) is 7.99. The third-order valence-electron chi connectivity index (χ3n) is 2.52. The second-order valence-electron chi connectivity index (χ2n) is 4.45. The van der Waals surface area contributed by atoms with Crippen LogP contribution in [0.5, 0.6) is 0 Å². The fourth-order valence-corrected chi connectivity index (χ4v) is 2.21. The van der Waals surface area contributed by atoms with Gasteiger partial charge in [0.25, 0.3) is 0 Å². The molecule has 5 heteroatoms. The summed E-state index contributed by atoms with van der Waals surface area (Å²) < 4.78 is 0. The molecule has 0 atom stereocenters. The Kier molecular flexibility index (Phi) is 3.78. The molecular formula is C12H18N4S. The minimum Gasteiger partial charge on any atom is -0.370 e. The van der Waals surface area contributed by atoms with Gasteiger partial charge in [-0.1, -0.05) is 12.2 Å². The molecule has 1 aromatic heterocycles. The van der Waals surface area contributed by atoms with E-state index in [4.69, 9.17) is 5.73 Å². The molecule has 3 N–H and O–H groups in total. The second kappa shape index (κ2) is 5.31. The van der Waals surface area contributed by atoms with E-state index < -0.39 is 0 Å². The Balaban J connectivity index is 1.82. The van der Waals surface area contributed by atoms with Crippen LogP contribution in [0.3, 0.4) is 0 Å². The van der Waals surface area contributed by atoms with Crippen molar-refractivity contribution in [3.05, 3.63) is 28.2 Å². The van der Waals surface area contributed by atoms with Crippen molar-refractivity contribution in [2.24, 2.45) is 10.7 Å². The normalized spacial score (nSPS) is 15.9. The number of aliphatic imine (C=N–C) groups is 1. The van der Waals surface area contributed by atoms with Gasteiger partial charge in [-0.05, 0) is 19.8 Å². The number of rotatable bonds is 5. The van der Waals surface area contributed by atoms with Crippen molar-refractivity contribution in [1.82, 2.24) is 10.3 Å². The summed E-state index contributed by atoms with van der Waals surface area (Å²) >= 11 is 1.67. The van der Waals surface area contributed by atoms with E-state index in [1.165, 1.54) is 18.5 Å². The monoisotopic (exact) mass is 250 g/mol. The summed E-state index contributed by atoms with van der Waals surface area (Å²) in [6.45, 7) is 6.97. The molecule has 0 aromatic carbocycles. The summed E-state index contributed by atoms with van der Waals surface area (Å²) in [5, 5.41) is 6.17. The SMILES string of the molecule is C=C(C)CNC(N)=NCc1nc(C2CC2)cs1. The topological polar surface area (TPSA) is 63.3 Å². The van der Waals surface area contributed by atoms with E-state index in [9.17, 15) is 0 Å². The van der Waals surface area contributed by atoms with E-state index in [-0.39, 0.29) is 0 Å². The summed E-state index contributed by atoms with van der Waals surface area (Å²) in [6, 6.07) is 0. The van der Waals surface area contributed by atoms with E-state index in [2.05, 4.69) is 27.3 Å². The molecule has 0 bridgehead atoms. The van der Waals surface area contributed by atoms with Gasteiger partial charge < -0.3 is 11.1 Å². The zero-order valence-corrected chi connectivity index (χ0v) is 10.9. The number of thiazole rings is 1. The van der Waals surface area contributed by atoms with Gasteiger partial charge in [0.15, 0.2) is 5.96 Å². The van der Waals surface area contributed by atoms with Crippen molar-refractivity contribution < 1.29 is 0 Å². The summed E-state index contributed by atoms with van der Waals surface area (Å²) in [7, 11) is 0. The number of nitrogens with zero attached hydrogens (tertiary/aromatic N) is 2. The van der Waals surface area contributed by atoms with Crippen LogP contribution in [0.1, 0.15) is 36.4 Å². The standard InChI is InChI=1S/C12H18N4S/c1-8(2)5-14-12(13)15-6-11-16-10(7-17-11)9-3-4-9/h7,9H,1,3-6H2,2H3,(H3,13,14,15). The Morgan fingerprint density at radius 2 is 2.47 bits per heavy atom. The maximum atomic E-state index is 5.72. The Hall–Kier alpha value is -1.36. The average Bonchev–Trinajstić information content (AvgIpc) is 3.04. The van der Waals surface area contributed by atoms with E-state index in [0.29, 0.717) is 25.0 Å². The molecule has 4 nitrogen and oxygen atoms in total. The van der Waals surface area contributed by atoms with Crippen LogP contribution < -0.4 is 11.1 Å². The van der Waals surface area contributed by atoms with Gasteiger partial charge in [0.05, 0.1) is 12.2 Å². The van der Waals surface area contributed by atoms with Crippen LogP contribution in [-0.4, -0.2) is 17.5 Å². The zero-order chi connectivity index (χ0) is 12.3. The fourth-order valence-electron chi connectivity index (χ4n) is 1.41. The third kappa shape index (κ3) is 3.85. The molecule has 92 valence electrons. The molecule has 0 saturated heterocycles. The number of nitrogens with two attached hydrogens (primary N) is 1. The smallest absolute Gasteiger partial charge is 0.189 e. The first-order valence-electron chi connectivity index (χ1n) is 5.77. The largest absolute Gasteiger partial charge is 0.370 e. The molecule has 17 heavy (non-hydrogen) atoms. The third-order valence-corrected chi connectivity index (χ3v) is 3.37. The highest BCUT2D eigenvalue weighted by molar-refractivity contribution is 7.09. The summed E-state index contributed by atoms with van der Waals surface area (Å²) in [6.07, 6.45) is 2.57. The Morgan fingerprint density at radius 1 is 1.71 bits per heavy atom. The molecule has 0 radical (unpaired) electrons. The zero-order valence-electron chi connectivity index (χ0n) is 10.1. The molecule has 1 aliphatic carbocycles. The lowest BCUT2D eigenvalue weighted by Crippen LogP contribution is -2.32. The van der Waals surface area contributed by atoms with E-state index in [1.54, 1.807) is 11.3 Å². The maximum absolute atomic E-state index is 5.72. The molecule has 0 unspecified atom stereocenters. The van der Waals surface area contributed by atoms with Crippen molar-refractivity contribution in [3.8, 4) is 0 Å². The molecular weight excluding hydrogens is 232 g/mol. The molecule has 0 spiro atoms. The minimum atomic E-state index is 0.455. The predicted molar refractivity (Wildman–Crippen MR) is 72.2 cm³/mol. The van der Waals surface area contributed by atoms with Gasteiger partial charge in [-0.25, -0.2) is 9.98 Å². The van der Waals surface area contributed by atoms with Crippen LogP contribution in [-0.2, 0) is 6.54 Å². The number of aromatic nitrogens is 1. The van der Waals surface area contributed by atoms with Crippen LogP contribution >= 0.6 is 11.3 Å². The van der Waals surface area contributed by atoms with Crippen molar-refractivity contribution in [2.75, 3.05) is 6.54 Å². The lowest BCUT2D eigenvalue weighted by atomic mass is 10.3. The van der Waals surface area contributed by atoms with Gasteiger partial charge in [0, 0.05) is 17.8 Å². The van der Waals surface area contributed by atoms with Crippen LogP contribution in [0.25, 0.3) is 0 Å². The number of nitrogens with one attached hydrogen (secondary N) is 1. The molecule has 1 aliphatic rings. The predicted octanol–water partition coefficient (Wildman–Crippen LogP) is 2.00. The van der Waals surface area contributed by atoms with Crippen molar-refractivity contribution >= 4 is 17.3 Å². The van der Waals surface area contributed by atoms with Crippen LogP contribution in [0.2, 0.25) is 0 Å². The lowest BCUT2D eigenvalue weighted by molar-refractivity contribution is 0.924. The Bertz CT molecular complexity index is 431. The maximum Gasteiger partial charge on any atom is 0.189 e. The molecule has 2 rings (SSSR count). The first-order chi connectivity index (χ1) is 8.15. The van der Waals surface area contributed by atoms with Crippen LogP contribution in [0.4, 0.5) is 0 Å². The van der Waals surface area contributed by atoms with Gasteiger partial charge in [0.2, 0.25) is 0 Å². The minimum absolute atomic E-state index is 0.455.